The molecule has 0 aromatic heterocycles. The van der Waals surface area contributed by atoms with Gasteiger partial charge in [0.25, 0.3) is 0 Å². The minimum Gasteiger partial charge on any atom is -0.490 e. The minimum absolute atomic E-state index is 0.556. The van der Waals surface area contributed by atoms with Crippen molar-refractivity contribution in [3.05, 3.63) is 24.3 Å². The molecule has 1 aromatic carbocycles. The molecule has 0 aliphatic carbocycles. The molecule has 3 heteroatoms. The molecular weight excluding hydrogens is 238 g/mol. The molecule has 19 heavy (non-hydrogen) atoms. The van der Waals surface area contributed by atoms with Gasteiger partial charge in [-0.15, -0.1) is 0 Å². The highest BCUT2D eigenvalue weighted by molar-refractivity contribution is 5.39. The monoisotopic (exact) mass is 265 g/mol. The Morgan fingerprint density at radius 1 is 1.00 bits per heavy atom. The fraction of sp³-hybridized carbons (Fsp3) is 0.625. The fourth-order valence-electron chi connectivity index (χ4n) is 1.90. The number of hydrogen-bond acceptors (Lipinski definition) is 3. The lowest BCUT2D eigenvalue weighted by Gasteiger charge is -2.15. The first kappa shape index (κ1) is 15.8. The van der Waals surface area contributed by atoms with Crippen molar-refractivity contribution in [1.29, 1.82) is 0 Å². The van der Waals surface area contributed by atoms with E-state index in [4.69, 9.17) is 9.47 Å². The van der Waals surface area contributed by atoms with Gasteiger partial charge in [0.2, 0.25) is 0 Å². The molecule has 108 valence electrons. The van der Waals surface area contributed by atoms with E-state index in [1.165, 1.54) is 12.8 Å². The zero-order chi connectivity index (χ0) is 13.9. The van der Waals surface area contributed by atoms with Gasteiger partial charge in [-0.2, -0.15) is 0 Å². The molecule has 1 aromatic rings. The van der Waals surface area contributed by atoms with E-state index in [9.17, 15) is 0 Å². The molecule has 0 radical (unpaired) electrons. The number of para-hydroxylation sites is 2. The van der Waals surface area contributed by atoms with Crippen molar-refractivity contribution in [3.63, 3.8) is 0 Å². The molecule has 0 aliphatic rings. The molecule has 1 N–H and O–H groups in total. The average Bonchev–Trinajstić information content (AvgIpc) is 2.42. The average molecular weight is 265 g/mol. The van der Waals surface area contributed by atoms with E-state index in [-0.39, 0.29) is 0 Å². The Hall–Kier alpha value is -1.22. The van der Waals surface area contributed by atoms with Crippen LogP contribution >= 0.6 is 0 Å². The summed E-state index contributed by atoms with van der Waals surface area (Å²) in [7, 11) is 0. The summed E-state index contributed by atoms with van der Waals surface area (Å²) in [6.45, 7) is 8.77. The van der Waals surface area contributed by atoms with Crippen LogP contribution in [0.25, 0.3) is 0 Å². The zero-order valence-corrected chi connectivity index (χ0v) is 12.4. The van der Waals surface area contributed by atoms with Gasteiger partial charge >= 0.3 is 0 Å². The van der Waals surface area contributed by atoms with Crippen LogP contribution in [0.1, 0.15) is 40.0 Å². The van der Waals surface area contributed by atoms with Gasteiger partial charge in [0.1, 0.15) is 6.61 Å². The molecule has 0 saturated carbocycles. The predicted octanol–water partition coefficient (Wildman–Crippen LogP) is 3.63. The van der Waals surface area contributed by atoms with E-state index in [1.54, 1.807) is 0 Å². The molecule has 3 nitrogen and oxygen atoms in total. The molecule has 0 aliphatic heterocycles. The second-order valence-electron chi connectivity index (χ2n) is 4.79. The maximum absolute atomic E-state index is 5.78. The maximum Gasteiger partial charge on any atom is 0.161 e. The van der Waals surface area contributed by atoms with Gasteiger partial charge < -0.3 is 14.8 Å². The Balaban J connectivity index is 2.32. The van der Waals surface area contributed by atoms with Crippen LogP contribution in [0.2, 0.25) is 0 Å². The van der Waals surface area contributed by atoms with Gasteiger partial charge in [-0.3, -0.25) is 0 Å². The molecule has 0 saturated heterocycles. The maximum atomic E-state index is 5.78. The predicted molar refractivity (Wildman–Crippen MR) is 80.1 cm³/mol. The van der Waals surface area contributed by atoms with Gasteiger partial charge in [0.05, 0.1) is 6.61 Å². The molecule has 0 amide bonds. The lowest BCUT2D eigenvalue weighted by Crippen LogP contribution is -2.30. The Labute approximate surface area is 117 Å². The SMILES string of the molecule is CCCOc1ccccc1OCCNC(C)CCC. The molecule has 1 unspecified atom stereocenters. The molecule has 0 bridgehead atoms. The topological polar surface area (TPSA) is 30.5 Å². The van der Waals surface area contributed by atoms with Crippen molar-refractivity contribution in [2.45, 2.75) is 46.1 Å². The molecule has 0 heterocycles. The van der Waals surface area contributed by atoms with Gasteiger partial charge in [-0.25, -0.2) is 0 Å². The summed E-state index contributed by atoms with van der Waals surface area (Å²) in [6.07, 6.45) is 3.42. The third kappa shape index (κ3) is 6.48. The number of ether oxygens (including phenoxy) is 2. The van der Waals surface area contributed by atoms with Crippen LogP contribution in [0, 0.1) is 0 Å². The Bertz CT molecular complexity index is 341. The number of nitrogens with one attached hydrogen (secondary N) is 1. The fourth-order valence-corrected chi connectivity index (χ4v) is 1.90. The summed E-state index contributed by atoms with van der Waals surface area (Å²) in [4.78, 5) is 0. The largest absolute Gasteiger partial charge is 0.490 e. The van der Waals surface area contributed by atoms with Crippen LogP contribution in [0.5, 0.6) is 11.5 Å². The number of hydrogen-bond donors (Lipinski definition) is 1. The summed E-state index contributed by atoms with van der Waals surface area (Å²) in [5.74, 6) is 1.67. The summed E-state index contributed by atoms with van der Waals surface area (Å²) in [5.41, 5.74) is 0. The van der Waals surface area contributed by atoms with E-state index in [1.807, 2.05) is 24.3 Å². The quantitative estimate of drug-likeness (QED) is 0.655. The molecule has 1 rings (SSSR count). The number of rotatable bonds is 10. The van der Waals surface area contributed by atoms with Crippen molar-refractivity contribution in [2.24, 2.45) is 0 Å². The van der Waals surface area contributed by atoms with Crippen molar-refractivity contribution in [3.8, 4) is 11.5 Å². The molecule has 1 atom stereocenters. The Morgan fingerprint density at radius 2 is 1.63 bits per heavy atom. The van der Waals surface area contributed by atoms with Crippen LogP contribution in [0.15, 0.2) is 24.3 Å². The highest BCUT2D eigenvalue weighted by Gasteiger charge is 2.04. The van der Waals surface area contributed by atoms with E-state index in [0.29, 0.717) is 12.6 Å². The van der Waals surface area contributed by atoms with Crippen LogP contribution < -0.4 is 14.8 Å². The van der Waals surface area contributed by atoms with Crippen molar-refractivity contribution in [1.82, 2.24) is 5.32 Å². The van der Waals surface area contributed by atoms with E-state index in [0.717, 1.165) is 31.1 Å². The van der Waals surface area contributed by atoms with E-state index in [2.05, 4.69) is 26.1 Å². The van der Waals surface area contributed by atoms with Crippen LogP contribution in [0.3, 0.4) is 0 Å². The molecule has 0 fully saturated rings. The molecular formula is C16H27NO2. The van der Waals surface area contributed by atoms with Crippen molar-refractivity contribution >= 4 is 0 Å². The normalized spacial score (nSPS) is 12.2. The highest BCUT2D eigenvalue weighted by Crippen LogP contribution is 2.26. The Kier molecular flexibility index (Phi) is 8.07. The van der Waals surface area contributed by atoms with E-state index < -0.39 is 0 Å². The first-order valence-corrected chi connectivity index (χ1v) is 7.35. The van der Waals surface area contributed by atoms with Crippen molar-refractivity contribution in [2.75, 3.05) is 19.8 Å². The van der Waals surface area contributed by atoms with Gasteiger partial charge in [-0.1, -0.05) is 32.4 Å². The van der Waals surface area contributed by atoms with Gasteiger partial charge in [0.15, 0.2) is 11.5 Å². The minimum atomic E-state index is 0.556. The summed E-state index contributed by atoms with van der Waals surface area (Å²) in [5, 5.41) is 3.45. The standard InChI is InChI=1S/C16H27NO2/c1-4-8-14(3)17-11-13-19-16-10-7-6-9-15(16)18-12-5-2/h6-7,9-10,14,17H,4-5,8,11-13H2,1-3H3. The lowest BCUT2D eigenvalue weighted by atomic mass is 10.2. The first-order chi connectivity index (χ1) is 9.27. The summed E-state index contributed by atoms with van der Waals surface area (Å²) < 4.78 is 11.4. The van der Waals surface area contributed by atoms with Crippen molar-refractivity contribution < 1.29 is 9.47 Å². The smallest absolute Gasteiger partial charge is 0.161 e. The third-order valence-electron chi connectivity index (χ3n) is 2.88. The molecule has 0 spiro atoms. The second-order valence-corrected chi connectivity index (χ2v) is 4.79. The summed E-state index contributed by atoms with van der Waals surface area (Å²) in [6, 6.07) is 8.42. The third-order valence-corrected chi connectivity index (χ3v) is 2.88. The van der Waals surface area contributed by atoms with Gasteiger partial charge in [-0.05, 0) is 31.9 Å². The van der Waals surface area contributed by atoms with E-state index >= 15 is 0 Å². The second kappa shape index (κ2) is 9.68. The highest BCUT2D eigenvalue weighted by atomic mass is 16.5. The van der Waals surface area contributed by atoms with Gasteiger partial charge in [0, 0.05) is 12.6 Å². The van der Waals surface area contributed by atoms with Crippen LogP contribution in [-0.4, -0.2) is 25.8 Å². The zero-order valence-electron chi connectivity index (χ0n) is 12.4. The number of benzene rings is 1. The first-order valence-electron chi connectivity index (χ1n) is 7.35. The Morgan fingerprint density at radius 3 is 2.21 bits per heavy atom. The lowest BCUT2D eigenvalue weighted by molar-refractivity contribution is 0.264. The summed E-state index contributed by atoms with van der Waals surface area (Å²) >= 11 is 0. The van der Waals surface area contributed by atoms with Crippen LogP contribution in [-0.2, 0) is 0 Å². The van der Waals surface area contributed by atoms with Crippen LogP contribution in [0.4, 0.5) is 0 Å².